The molecule has 2 aromatic heterocycles. The summed E-state index contributed by atoms with van der Waals surface area (Å²) in [7, 11) is 0. The van der Waals surface area contributed by atoms with Crippen LogP contribution >= 0.6 is 0 Å². The Morgan fingerprint density at radius 2 is 1.85 bits per heavy atom. The van der Waals surface area contributed by atoms with Crippen molar-refractivity contribution in [2.24, 2.45) is 5.41 Å². The van der Waals surface area contributed by atoms with Crippen LogP contribution in [-0.4, -0.2) is 15.9 Å². The average molecular weight is 443 g/mol. The van der Waals surface area contributed by atoms with Gasteiger partial charge in [-0.2, -0.15) is 0 Å². The molecule has 4 aromatic rings. The van der Waals surface area contributed by atoms with Crippen molar-refractivity contribution in [3.8, 4) is 11.5 Å². The zero-order valence-electron chi connectivity index (χ0n) is 18.8. The highest BCUT2D eigenvalue weighted by Crippen LogP contribution is 2.29. The lowest BCUT2D eigenvalue weighted by atomic mass is 9.95. The number of benzene rings is 2. The number of fused-ring (bicyclic) bond motifs is 1. The van der Waals surface area contributed by atoms with E-state index in [4.69, 9.17) is 4.74 Å². The van der Waals surface area contributed by atoms with Gasteiger partial charge in [-0.3, -0.25) is 9.59 Å². The molecule has 4 rings (SSSR count). The first-order valence-electron chi connectivity index (χ1n) is 10.7. The van der Waals surface area contributed by atoms with E-state index in [1.54, 1.807) is 6.20 Å². The molecule has 0 atom stereocenters. The van der Waals surface area contributed by atoms with Crippen LogP contribution in [0, 0.1) is 5.41 Å². The van der Waals surface area contributed by atoms with Crippen molar-refractivity contribution in [1.82, 2.24) is 9.97 Å². The van der Waals surface area contributed by atoms with Crippen molar-refractivity contribution in [3.05, 3.63) is 88.8 Å². The van der Waals surface area contributed by atoms with Gasteiger partial charge in [-0.05, 0) is 30.3 Å². The molecular formula is C26H26N4O3. The lowest BCUT2D eigenvalue weighted by molar-refractivity contribution is -0.123. The minimum Gasteiger partial charge on any atom is -0.456 e. The van der Waals surface area contributed by atoms with Gasteiger partial charge in [0.1, 0.15) is 17.3 Å². The fourth-order valence-corrected chi connectivity index (χ4v) is 3.24. The smallest absolute Gasteiger partial charge is 0.252 e. The van der Waals surface area contributed by atoms with Crippen molar-refractivity contribution in [2.75, 3.05) is 10.6 Å². The standard InChI is InChI=1S/C26H26N4O3/c1-26(2,3)25(32)30-24-17(8-7-13-27-24)16-28-18-9-6-10-19(14-18)33-22-15-23(31)29-21-12-5-4-11-20(21)22/h4-15,28H,16H2,1-3H3,(H,29,31)(H,27,30,32). The fraction of sp³-hybridized carbons (Fsp3) is 0.192. The summed E-state index contributed by atoms with van der Waals surface area (Å²) in [5.41, 5.74) is 1.67. The number of rotatable bonds is 6. The van der Waals surface area contributed by atoms with Crippen LogP contribution in [0.5, 0.6) is 11.5 Å². The Bertz CT molecular complexity index is 1360. The second-order valence-corrected chi connectivity index (χ2v) is 8.74. The second-order valence-electron chi connectivity index (χ2n) is 8.74. The summed E-state index contributed by atoms with van der Waals surface area (Å²) in [5, 5.41) is 7.08. The summed E-state index contributed by atoms with van der Waals surface area (Å²) >= 11 is 0. The maximum atomic E-state index is 12.4. The normalized spacial score (nSPS) is 11.2. The number of aromatic nitrogens is 2. The zero-order chi connectivity index (χ0) is 23.4. The van der Waals surface area contributed by atoms with Crippen molar-refractivity contribution >= 4 is 28.3 Å². The Balaban J connectivity index is 1.51. The number of ether oxygens (including phenoxy) is 1. The zero-order valence-corrected chi connectivity index (χ0v) is 18.8. The van der Waals surface area contributed by atoms with Crippen LogP contribution in [0.25, 0.3) is 10.9 Å². The van der Waals surface area contributed by atoms with E-state index in [2.05, 4.69) is 20.6 Å². The largest absolute Gasteiger partial charge is 0.456 e. The van der Waals surface area contributed by atoms with Gasteiger partial charge < -0.3 is 20.4 Å². The quantitative estimate of drug-likeness (QED) is 0.376. The number of nitrogens with zero attached hydrogens (tertiary/aromatic N) is 1. The average Bonchev–Trinajstić information content (AvgIpc) is 2.78. The van der Waals surface area contributed by atoms with Gasteiger partial charge in [-0.25, -0.2) is 4.98 Å². The van der Waals surface area contributed by atoms with E-state index >= 15 is 0 Å². The van der Waals surface area contributed by atoms with Gasteiger partial charge in [0.05, 0.1) is 5.52 Å². The van der Waals surface area contributed by atoms with Crippen LogP contribution in [0.15, 0.2) is 77.7 Å². The van der Waals surface area contributed by atoms with E-state index in [1.807, 2.05) is 81.4 Å². The molecule has 7 heteroatoms. The van der Waals surface area contributed by atoms with E-state index in [0.29, 0.717) is 23.9 Å². The number of nitrogens with one attached hydrogen (secondary N) is 3. The molecule has 2 aromatic carbocycles. The third-order valence-corrected chi connectivity index (χ3v) is 5.06. The summed E-state index contributed by atoms with van der Waals surface area (Å²) in [6.45, 7) is 6.04. The number of hydrogen-bond donors (Lipinski definition) is 3. The van der Waals surface area contributed by atoms with E-state index in [0.717, 1.165) is 22.2 Å². The summed E-state index contributed by atoms with van der Waals surface area (Å²) < 4.78 is 6.05. The van der Waals surface area contributed by atoms with E-state index in [-0.39, 0.29) is 11.5 Å². The first-order valence-corrected chi connectivity index (χ1v) is 10.7. The number of para-hydroxylation sites is 1. The Morgan fingerprint density at radius 3 is 2.67 bits per heavy atom. The summed E-state index contributed by atoms with van der Waals surface area (Å²) in [6, 6.07) is 20.2. The first kappa shape index (κ1) is 22.1. The Morgan fingerprint density at radius 1 is 1.03 bits per heavy atom. The SMILES string of the molecule is CC(C)(C)C(=O)Nc1ncccc1CNc1cccc(Oc2cc(=O)[nH]c3ccccc23)c1. The van der Waals surface area contributed by atoms with E-state index < -0.39 is 5.41 Å². The van der Waals surface area contributed by atoms with Crippen LogP contribution < -0.4 is 20.9 Å². The third kappa shape index (κ3) is 5.38. The fourth-order valence-electron chi connectivity index (χ4n) is 3.24. The van der Waals surface area contributed by atoms with Crippen LogP contribution in [0.2, 0.25) is 0 Å². The highest BCUT2D eigenvalue weighted by atomic mass is 16.5. The predicted octanol–water partition coefficient (Wildman–Crippen LogP) is 5.31. The monoisotopic (exact) mass is 442 g/mol. The molecule has 0 bridgehead atoms. The van der Waals surface area contributed by atoms with E-state index in [9.17, 15) is 9.59 Å². The highest BCUT2D eigenvalue weighted by molar-refractivity contribution is 5.94. The molecule has 1 amide bonds. The number of carbonyl (C=O) groups excluding carboxylic acids is 1. The molecule has 0 aliphatic rings. The molecular weight excluding hydrogens is 416 g/mol. The number of aromatic amines is 1. The maximum absolute atomic E-state index is 12.4. The van der Waals surface area contributed by atoms with Gasteiger partial charge in [0.15, 0.2) is 0 Å². The molecule has 0 spiro atoms. The predicted molar refractivity (Wildman–Crippen MR) is 131 cm³/mol. The molecule has 168 valence electrons. The van der Waals surface area contributed by atoms with Crippen molar-refractivity contribution in [2.45, 2.75) is 27.3 Å². The number of carbonyl (C=O) groups is 1. The minimum absolute atomic E-state index is 0.0945. The Kier molecular flexibility index (Phi) is 6.13. The summed E-state index contributed by atoms with van der Waals surface area (Å²) in [6.07, 6.45) is 1.65. The molecule has 33 heavy (non-hydrogen) atoms. The third-order valence-electron chi connectivity index (χ3n) is 5.06. The van der Waals surface area contributed by atoms with Crippen LogP contribution in [0.4, 0.5) is 11.5 Å². The topological polar surface area (TPSA) is 96.1 Å². The second kappa shape index (κ2) is 9.16. The van der Waals surface area contributed by atoms with Gasteiger partial charge in [-0.15, -0.1) is 0 Å². The van der Waals surface area contributed by atoms with Gasteiger partial charge in [-0.1, -0.05) is 45.0 Å². The highest BCUT2D eigenvalue weighted by Gasteiger charge is 2.22. The number of pyridine rings is 2. The summed E-state index contributed by atoms with van der Waals surface area (Å²) in [5.74, 6) is 1.53. The van der Waals surface area contributed by atoms with Crippen LogP contribution in [0.1, 0.15) is 26.3 Å². The van der Waals surface area contributed by atoms with Gasteiger partial charge in [0.25, 0.3) is 5.56 Å². The van der Waals surface area contributed by atoms with Crippen molar-refractivity contribution in [3.63, 3.8) is 0 Å². The molecule has 2 heterocycles. The number of anilines is 2. The molecule has 0 unspecified atom stereocenters. The molecule has 0 radical (unpaired) electrons. The van der Waals surface area contributed by atoms with Gasteiger partial charge in [0, 0.05) is 46.9 Å². The molecule has 0 saturated carbocycles. The first-order chi connectivity index (χ1) is 15.8. The van der Waals surface area contributed by atoms with Crippen LogP contribution in [-0.2, 0) is 11.3 Å². The lowest BCUT2D eigenvalue weighted by Gasteiger charge is -2.19. The Labute approximate surface area is 191 Å². The van der Waals surface area contributed by atoms with Crippen molar-refractivity contribution < 1.29 is 9.53 Å². The molecule has 0 saturated heterocycles. The van der Waals surface area contributed by atoms with Crippen molar-refractivity contribution in [1.29, 1.82) is 0 Å². The van der Waals surface area contributed by atoms with E-state index in [1.165, 1.54) is 6.07 Å². The Hall–Kier alpha value is -4.13. The van der Waals surface area contributed by atoms with Gasteiger partial charge >= 0.3 is 0 Å². The number of H-pyrrole nitrogens is 1. The number of amides is 1. The molecule has 0 aliphatic heterocycles. The molecule has 3 N–H and O–H groups in total. The van der Waals surface area contributed by atoms with Crippen LogP contribution in [0.3, 0.4) is 0 Å². The summed E-state index contributed by atoms with van der Waals surface area (Å²) in [4.78, 5) is 31.5. The molecule has 0 aliphatic carbocycles. The molecule has 7 nitrogen and oxygen atoms in total. The minimum atomic E-state index is -0.517. The lowest BCUT2D eigenvalue weighted by Crippen LogP contribution is -2.28. The maximum Gasteiger partial charge on any atom is 0.252 e. The van der Waals surface area contributed by atoms with Gasteiger partial charge in [0.2, 0.25) is 5.91 Å². The molecule has 0 fully saturated rings. The number of hydrogen-bond acceptors (Lipinski definition) is 5.